The smallest absolute Gasteiger partial charge is 0.234 e. The molecular formula is C20H24N4O. The lowest BCUT2D eigenvalue weighted by Gasteiger charge is -2.31. The molecule has 0 aliphatic heterocycles. The maximum Gasteiger partial charge on any atom is 0.234 e. The van der Waals surface area contributed by atoms with Crippen molar-refractivity contribution in [2.45, 2.75) is 40.7 Å². The Morgan fingerprint density at radius 1 is 1.16 bits per heavy atom. The zero-order valence-corrected chi connectivity index (χ0v) is 15.3. The number of Topliss-reactive ketones (excluding diaryl/α,β-unsaturated/α-hetero) is 1. The third-order valence-electron chi connectivity index (χ3n) is 3.58. The van der Waals surface area contributed by atoms with Crippen LogP contribution in [0.4, 0.5) is 5.82 Å². The largest absolute Gasteiger partial charge is 0.352 e. The van der Waals surface area contributed by atoms with Crippen LogP contribution in [0.25, 0.3) is 0 Å². The van der Waals surface area contributed by atoms with Crippen LogP contribution in [0.1, 0.15) is 44.6 Å². The second-order valence-electron chi connectivity index (χ2n) is 7.46. The molecule has 0 atom stereocenters. The number of hydrogen-bond acceptors (Lipinski definition) is 5. The van der Waals surface area contributed by atoms with Gasteiger partial charge in [-0.1, -0.05) is 45.0 Å². The summed E-state index contributed by atoms with van der Waals surface area (Å²) in [7, 11) is 0. The predicted octanol–water partition coefficient (Wildman–Crippen LogP) is 3.53. The second-order valence-corrected chi connectivity index (χ2v) is 7.46. The van der Waals surface area contributed by atoms with Gasteiger partial charge >= 0.3 is 0 Å². The number of nitrogens with zero attached hydrogens (tertiary/aromatic N) is 4. The van der Waals surface area contributed by atoms with Crippen LogP contribution in [0, 0.1) is 16.7 Å². The molecule has 2 rings (SSSR count). The normalized spacial score (nSPS) is 11.0. The number of anilines is 1. The Bertz CT molecular complexity index is 770. The van der Waals surface area contributed by atoms with Crippen molar-refractivity contribution < 1.29 is 4.79 Å². The summed E-state index contributed by atoms with van der Waals surface area (Å²) in [6, 6.07) is 11.9. The summed E-state index contributed by atoms with van der Waals surface area (Å²) in [5.74, 6) is 1.08. The zero-order valence-electron chi connectivity index (χ0n) is 15.3. The summed E-state index contributed by atoms with van der Waals surface area (Å²) in [5, 5.41) is 9.05. The quantitative estimate of drug-likeness (QED) is 0.807. The second kappa shape index (κ2) is 7.89. The topological polar surface area (TPSA) is 69.9 Å². The Kier molecular flexibility index (Phi) is 5.87. The average molecular weight is 336 g/mol. The van der Waals surface area contributed by atoms with Crippen molar-refractivity contribution >= 4 is 11.6 Å². The first-order valence-corrected chi connectivity index (χ1v) is 8.32. The van der Waals surface area contributed by atoms with E-state index in [0.29, 0.717) is 13.0 Å². The highest BCUT2D eigenvalue weighted by Crippen LogP contribution is 2.22. The lowest BCUT2D eigenvalue weighted by Crippen LogP contribution is -2.33. The highest BCUT2D eigenvalue weighted by atomic mass is 16.1. The van der Waals surface area contributed by atoms with Crippen molar-refractivity contribution in [3.8, 4) is 6.07 Å². The Morgan fingerprint density at radius 2 is 1.80 bits per heavy atom. The van der Waals surface area contributed by atoms with Crippen LogP contribution in [0.3, 0.4) is 0 Å². The van der Waals surface area contributed by atoms with E-state index in [1.807, 2.05) is 36.4 Å². The molecule has 5 heteroatoms. The average Bonchev–Trinajstić information content (AvgIpc) is 2.54. The summed E-state index contributed by atoms with van der Waals surface area (Å²) >= 11 is 0. The van der Waals surface area contributed by atoms with Crippen molar-refractivity contribution in [3.05, 3.63) is 53.5 Å². The molecule has 0 spiro atoms. The van der Waals surface area contributed by atoms with Gasteiger partial charge in [0.1, 0.15) is 17.7 Å². The molecule has 0 aliphatic rings. The van der Waals surface area contributed by atoms with Crippen LogP contribution >= 0.6 is 0 Å². The SMILES string of the molecule is CC(=O)Cc1ccc(CN(CC(C)(C)C)c2ccnc(C#N)n2)cc1. The van der Waals surface area contributed by atoms with E-state index >= 15 is 0 Å². The van der Waals surface area contributed by atoms with Gasteiger partial charge in [0.05, 0.1) is 0 Å². The number of hydrogen-bond donors (Lipinski definition) is 0. The summed E-state index contributed by atoms with van der Waals surface area (Å²) in [6.45, 7) is 9.58. The molecule has 0 saturated heterocycles. The Labute approximate surface area is 149 Å². The molecule has 0 unspecified atom stereocenters. The fourth-order valence-corrected chi connectivity index (χ4v) is 2.64. The minimum absolute atomic E-state index is 0.0757. The molecule has 0 aliphatic carbocycles. The van der Waals surface area contributed by atoms with Crippen molar-refractivity contribution in [2.75, 3.05) is 11.4 Å². The van der Waals surface area contributed by atoms with Gasteiger partial charge in [0.25, 0.3) is 0 Å². The van der Waals surface area contributed by atoms with Crippen LogP contribution in [0.2, 0.25) is 0 Å². The zero-order chi connectivity index (χ0) is 18.4. The third-order valence-corrected chi connectivity index (χ3v) is 3.58. The third kappa shape index (κ3) is 6.00. The minimum Gasteiger partial charge on any atom is -0.352 e. The van der Waals surface area contributed by atoms with Gasteiger partial charge < -0.3 is 4.90 Å². The number of ketones is 1. The van der Waals surface area contributed by atoms with Gasteiger partial charge in [0.2, 0.25) is 5.82 Å². The van der Waals surface area contributed by atoms with Gasteiger partial charge in [0, 0.05) is 25.7 Å². The fourth-order valence-electron chi connectivity index (χ4n) is 2.64. The molecule has 0 N–H and O–H groups in total. The molecule has 0 radical (unpaired) electrons. The first-order chi connectivity index (χ1) is 11.8. The number of rotatable bonds is 6. The minimum atomic E-state index is 0.0757. The fraction of sp³-hybridized carbons (Fsp3) is 0.400. The van der Waals surface area contributed by atoms with Gasteiger partial charge in [-0.25, -0.2) is 9.97 Å². The molecule has 0 amide bonds. The van der Waals surface area contributed by atoms with Crippen LogP contribution in [0.15, 0.2) is 36.5 Å². The Hall–Kier alpha value is -2.74. The molecule has 1 aromatic carbocycles. The van der Waals surface area contributed by atoms with Crippen LogP contribution in [-0.2, 0) is 17.8 Å². The number of aromatic nitrogens is 2. The van der Waals surface area contributed by atoms with Gasteiger partial charge in [-0.05, 0) is 29.5 Å². The highest BCUT2D eigenvalue weighted by molar-refractivity contribution is 5.78. The molecule has 2 aromatic rings. The maximum atomic E-state index is 11.2. The first-order valence-electron chi connectivity index (χ1n) is 8.32. The molecule has 1 heterocycles. The Morgan fingerprint density at radius 3 is 2.36 bits per heavy atom. The van der Waals surface area contributed by atoms with E-state index in [4.69, 9.17) is 5.26 Å². The number of benzene rings is 1. The van der Waals surface area contributed by atoms with E-state index in [0.717, 1.165) is 23.5 Å². The van der Waals surface area contributed by atoms with Crippen LogP contribution in [-0.4, -0.2) is 22.3 Å². The standard InChI is InChI=1S/C20H24N4O/c1-15(25)11-16-5-7-17(8-6-16)13-24(14-20(2,3)4)19-9-10-22-18(12-21)23-19/h5-10H,11,13-14H2,1-4H3. The van der Waals surface area contributed by atoms with Crippen LogP contribution in [0.5, 0.6) is 0 Å². The van der Waals surface area contributed by atoms with Crippen molar-refractivity contribution in [1.29, 1.82) is 5.26 Å². The molecule has 25 heavy (non-hydrogen) atoms. The summed E-state index contributed by atoms with van der Waals surface area (Å²) in [4.78, 5) is 21.7. The highest BCUT2D eigenvalue weighted by Gasteiger charge is 2.19. The van der Waals surface area contributed by atoms with E-state index in [-0.39, 0.29) is 17.0 Å². The van der Waals surface area contributed by atoms with Crippen molar-refractivity contribution in [1.82, 2.24) is 9.97 Å². The number of carbonyl (C=O) groups excluding carboxylic acids is 1. The Balaban J connectivity index is 2.24. The number of carbonyl (C=O) groups is 1. The first kappa shape index (κ1) is 18.6. The van der Waals surface area contributed by atoms with Crippen molar-refractivity contribution in [2.24, 2.45) is 5.41 Å². The van der Waals surface area contributed by atoms with E-state index in [1.54, 1.807) is 13.1 Å². The van der Waals surface area contributed by atoms with E-state index in [9.17, 15) is 4.79 Å². The molecule has 1 aromatic heterocycles. The van der Waals surface area contributed by atoms with E-state index in [2.05, 4.69) is 35.6 Å². The summed E-state index contributed by atoms with van der Waals surface area (Å²) in [6.07, 6.45) is 2.08. The van der Waals surface area contributed by atoms with E-state index < -0.39 is 0 Å². The molecule has 0 saturated carbocycles. The van der Waals surface area contributed by atoms with Gasteiger partial charge in [-0.3, -0.25) is 4.79 Å². The molecule has 0 bridgehead atoms. The lowest BCUT2D eigenvalue weighted by atomic mass is 9.95. The predicted molar refractivity (Wildman–Crippen MR) is 98.1 cm³/mol. The van der Waals surface area contributed by atoms with Gasteiger partial charge in [0.15, 0.2) is 0 Å². The lowest BCUT2D eigenvalue weighted by molar-refractivity contribution is -0.116. The molecular weight excluding hydrogens is 312 g/mol. The molecule has 0 fully saturated rings. The molecule has 5 nitrogen and oxygen atoms in total. The number of nitriles is 1. The summed E-state index contributed by atoms with van der Waals surface area (Å²) < 4.78 is 0. The molecule has 130 valence electrons. The van der Waals surface area contributed by atoms with E-state index in [1.165, 1.54) is 0 Å². The maximum absolute atomic E-state index is 11.2. The monoisotopic (exact) mass is 336 g/mol. The van der Waals surface area contributed by atoms with Crippen molar-refractivity contribution in [3.63, 3.8) is 0 Å². The van der Waals surface area contributed by atoms with Crippen LogP contribution < -0.4 is 4.90 Å². The summed E-state index contributed by atoms with van der Waals surface area (Å²) in [5.41, 5.74) is 2.23. The van der Waals surface area contributed by atoms with Gasteiger partial charge in [-0.15, -0.1) is 0 Å². The van der Waals surface area contributed by atoms with Gasteiger partial charge in [-0.2, -0.15) is 5.26 Å².